The fourth-order valence-corrected chi connectivity index (χ4v) is 13.1. The summed E-state index contributed by atoms with van der Waals surface area (Å²) in [4.78, 5) is 37.6. The van der Waals surface area contributed by atoms with E-state index >= 15 is 4.21 Å². The Kier molecular flexibility index (Phi) is 15.3. The van der Waals surface area contributed by atoms with Gasteiger partial charge < -0.3 is 10.2 Å². The number of thiophene rings is 2. The van der Waals surface area contributed by atoms with Gasteiger partial charge in [0.1, 0.15) is 22.6 Å². The van der Waals surface area contributed by atoms with Crippen LogP contribution in [0.15, 0.2) is 100 Å². The van der Waals surface area contributed by atoms with E-state index in [4.69, 9.17) is 5.73 Å². The number of aliphatic imine (C=N–C) groups is 1. The summed E-state index contributed by atoms with van der Waals surface area (Å²) in [7, 11) is -12.7. The molecule has 2 aromatic carbocycles. The zero-order valence-electron chi connectivity index (χ0n) is 40.5. The van der Waals surface area contributed by atoms with Gasteiger partial charge in [-0.05, 0) is 89.4 Å². The Morgan fingerprint density at radius 3 is 1.92 bits per heavy atom. The van der Waals surface area contributed by atoms with Crippen LogP contribution in [-0.2, 0) is 53.7 Å². The highest BCUT2D eigenvalue weighted by Gasteiger charge is 2.33. The van der Waals surface area contributed by atoms with Crippen molar-refractivity contribution in [3.63, 3.8) is 0 Å². The molecule has 2 unspecified atom stereocenters. The average Bonchev–Trinajstić information content (AvgIpc) is 4.01. The van der Waals surface area contributed by atoms with Gasteiger partial charge in [0.25, 0.3) is 17.0 Å². The number of nitrogens with one attached hydrogen (secondary N) is 3. The first-order chi connectivity index (χ1) is 33.5. The quantitative estimate of drug-likeness (QED) is 0.0481. The smallest absolute Gasteiger partial charge is 0.287 e. The van der Waals surface area contributed by atoms with Gasteiger partial charge in [-0.2, -0.15) is 14.6 Å². The van der Waals surface area contributed by atoms with Crippen LogP contribution < -0.4 is 31.3 Å². The molecular formula is C46H55N10O10S6+. The monoisotopic (exact) mass is 1100 g/mol. The highest BCUT2D eigenvalue weighted by atomic mass is 32.2. The largest absolute Gasteiger partial charge is 0.505 e. The molecule has 0 fully saturated rings. The third kappa shape index (κ3) is 12.6. The molecule has 0 saturated carbocycles. The van der Waals surface area contributed by atoms with Crippen LogP contribution in [0, 0.1) is 10.8 Å². The van der Waals surface area contributed by atoms with Gasteiger partial charge in [-0.3, -0.25) is 29.0 Å². The third-order valence-electron chi connectivity index (χ3n) is 11.3. The second-order valence-corrected chi connectivity index (χ2v) is 28.2. The fourth-order valence-electron chi connectivity index (χ4n) is 7.49. The normalized spacial score (nSPS) is 15.9. The Hall–Kier alpha value is -6.06. The van der Waals surface area contributed by atoms with E-state index in [0.29, 0.717) is 16.2 Å². The summed E-state index contributed by atoms with van der Waals surface area (Å²) in [6.07, 6.45) is 4.30. The van der Waals surface area contributed by atoms with Crippen LogP contribution >= 0.6 is 22.7 Å². The first-order valence-electron chi connectivity index (χ1n) is 22.1. The van der Waals surface area contributed by atoms with E-state index < -0.39 is 68.6 Å². The second-order valence-electron chi connectivity index (χ2n) is 19.1. The van der Waals surface area contributed by atoms with Crippen molar-refractivity contribution in [1.29, 1.82) is 0 Å². The highest BCUT2D eigenvalue weighted by Crippen LogP contribution is 2.40. The zero-order chi connectivity index (χ0) is 52.7. The molecular weight excluding hydrogens is 1040 g/mol. The van der Waals surface area contributed by atoms with Crippen LogP contribution in [-0.4, -0.2) is 91.2 Å². The number of hydrogen-bond acceptors (Lipinski definition) is 16. The molecule has 384 valence electrons. The first-order valence-corrected chi connectivity index (χ1v) is 30.9. The molecule has 0 bridgehead atoms. The molecule has 4 aromatic heterocycles. The van der Waals surface area contributed by atoms with Crippen LogP contribution in [0.3, 0.4) is 0 Å². The second kappa shape index (κ2) is 20.5. The van der Waals surface area contributed by atoms with E-state index in [1.807, 2.05) is 34.6 Å². The Balaban J connectivity index is 1.27. The topological polar surface area (TPSA) is 301 Å². The molecule has 2 atom stereocenters. The van der Waals surface area contributed by atoms with E-state index in [9.17, 15) is 40.8 Å². The first kappa shape index (κ1) is 53.7. The molecule has 5 heterocycles. The summed E-state index contributed by atoms with van der Waals surface area (Å²) < 4.78 is 88.8. The van der Waals surface area contributed by atoms with Crippen molar-refractivity contribution in [3.05, 3.63) is 103 Å². The number of nitrogens with zero attached hydrogens (tertiary/aromatic N) is 6. The number of aromatic hydroxyl groups is 2. The summed E-state index contributed by atoms with van der Waals surface area (Å²) >= 11 is 2.56. The molecule has 1 aliphatic heterocycles. The molecule has 0 radical (unpaired) electrons. The number of benzene rings is 2. The lowest BCUT2D eigenvalue weighted by atomic mass is 9.86. The number of amidine groups is 2. The number of aryl methyl sites for hydroxylation is 2. The maximum Gasteiger partial charge on any atom is 0.287 e. The third-order valence-corrected chi connectivity index (χ3v) is 17.5. The molecule has 0 aliphatic carbocycles. The SMILES string of the molecule is CS(=O)c1cc(NS(C)(=O)=O)ccc1[NH+]=C(N)c1c(O)c(-c2cccs2)nn(CCC(C)(C)CCS2(=O)=NC(c3c(O)c(-c4cccs4)nn(CCC(C)(C)C)c3=O)=Nc3ccc(NS(C)(=O)=O)cc32)c1=O. The molecule has 72 heavy (non-hydrogen) atoms. The fraction of sp³-hybridized carbons (Fsp3) is 0.348. The molecule has 0 saturated heterocycles. The minimum Gasteiger partial charge on any atom is -0.505 e. The lowest BCUT2D eigenvalue weighted by Crippen LogP contribution is -2.71. The van der Waals surface area contributed by atoms with Crippen LogP contribution in [0.1, 0.15) is 65.0 Å². The molecule has 0 amide bonds. The molecule has 1 aliphatic rings. The summed E-state index contributed by atoms with van der Waals surface area (Å²) in [6.45, 7) is 10.00. The maximum absolute atomic E-state index is 15.6. The van der Waals surface area contributed by atoms with Crippen molar-refractivity contribution in [1.82, 2.24) is 19.6 Å². The van der Waals surface area contributed by atoms with Crippen LogP contribution in [0.25, 0.3) is 21.1 Å². The number of fused-ring (bicyclic) bond motifs is 1. The lowest BCUT2D eigenvalue weighted by Gasteiger charge is -2.27. The van der Waals surface area contributed by atoms with Crippen LogP contribution in [0.2, 0.25) is 0 Å². The predicted octanol–water partition coefficient (Wildman–Crippen LogP) is 5.13. The summed E-state index contributed by atoms with van der Waals surface area (Å²) in [5, 5.41) is 36.1. The van der Waals surface area contributed by atoms with E-state index in [1.54, 1.807) is 35.0 Å². The van der Waals surface area contributed by atoms with Crippen molar-refractivity contribution in [2.24, 2.45) is 25.9 Å². The van der Waals surface area contributed by atoms with Gasteiger partial charge in [0, 0.05) is 36.5 Å². The van der Waals surface area contributed by atoms with Crippen molar-refractivity contribution in [2.75, 3.05) is 34.0 Å². The number of nitrogen functional groups attached to an aromatic ring is 1. The van der Waals surface area contributed by atoms with Crippen molar-refractivity contribution in [2.45, 2.75) is 76.8 Å². The van der Waals surface area contributed by atoms with Crippen molar-refractivity contribution < 1.29 is 40.5 Å². The Morgan fingerprint density at radius 2 is 1.36 bits per heavy atom. The molecule has 7 rings (SSSR count). The van der Waals surface area contributed by atoms with E-state index in [1.165, 1.54) is 70.0 Å². The number of nitrogens with two attached hydrogens (primary N) is 1. The summed E-state index contributed by atoms with van der Waals surface area (Å²) in [6, 6.07) is 15.5. The standard InChI is InChI=1S/C46H54N10O10S6/c1-45(2,3)17-20-55-44(60)36(40(58)38(51-55)32-12-10-23-68-32)42-49-30-16-14-28(53-71(8,64)65)26-34(30)72(66,54-42)24-19-46(4,5)18-21-56-43(59)35(39(57)37(50-56)31-11-9-22-67-31)41(47)48-29-15-13-27(52-70(7,62)63)25-33(29)69(6)61/h9-16,22-23,25-26,52-53,57-58H,17-21,24H2,1-8H3,(H2,47,48)/p+1. The van der Waals surface area contributed by atoms with Gasteiger partial charge in [-0.1, -0.05) is 46.8 Å². The van der Waals surface area contributed by atoms with Crippen molar-refractivity contribution >= 4 is 97.7 Å². The molecule has 7 N–H and O–H groups in total. The number of sulfonamides is 2. The molecule has 26 heteroatoms. The number of aromatic nitrogens is 4. The van der Waals surface area contributed by atoms with Gasteiger partial charge in [0.15, 0.2) is 22.9 Å². The van der Waals surface area contributed by atoms with E-state index in [2.05, 4.69) is 34.0 Å². The predicted molar refractivity (Wildman–Crippen MR) is 285 cm³/mol. The van der Waals surface area contributed by atoms with Gasteiger partial charge in [0.05, 0.1) is 58.3 Å². The van der Waals surface area contributed by atoms with E-state index in [-0.39, 0.29) is 104 Å². The minimum atomic E-state index is -3.77. The number of hydrogen-bond donors (Lipinski definition) is 6. The Labute approximate surface area is 427 Å². The minimum absolute atomic E-state index is 0.0323. The lowest BCUT2D eigenvalue weighted by molar-refractivity contribution is -0.357. The molecule has 6 aromatic rings. The average molecular weight is 1100 g/mol. The zero-order valence-corrected chi connectivity index (χ0v) is 45.4. The van der Waals surface area contributed by atoms with Crippen LogP contribution in [0.4, 0.5) is 22.7 Å². The van der Waals surface area contributed by atoms with Gasteiger partial charge in [-0.25, -0.2) is 40.4 Å². The Morgan fingerprint density at radius 1 is 0.806 bits per heavy atom. The van der Waals surface area contributed by atoms with Gasteiger partial charge >= 0.3 is 0 Å². The number of rotatable bonds is 18. The molecule has 0 spiro atoms. The van der Waals surface area contributed by atoms with E-state index in [0.717, 1.165) is 17.2 Å². The maximum atomic E-state index is 15.6. The number of anilines is 2. The summed E-state index contributed by atoms with van der Waals surface area (Å²) in [5.41, 5.74) is 4.29. The Bertz CT molecular complexity index is 3660. The van der Waals surface area contributed by atoms with Crippen molar-refractivity contribution in [3.8, 4) is 32.6 Å². The van der Waals surface area contributed by atoms with Gasteiger partial charge in [-0.15, -0.1) is 22.7 Å². The summed E-state index contributed by atoms with van der Waals surface area (Å²) in [5.74, 6) is -1.74. The molecule has 20 nitrogen and oxygen atoms in total. The van der Waals surface area contributed by atoms with Gasteiger partial charge in [0.2, 0.25) is 20.0 Å². The highest BCUT2D eigenvalue weighted by molar-refractivity contribution is 7.94. The van der Waals surface area contributed by atoms with Crippen LogP contribution in [0.5, 0.6) is 11.5 Å².